The van der Waals surface area contributed by atoms with Crippen LogP contribution in [0.15, 0.2) is 30.5 Å². The van der Waals surface area contributed by atoms with E-state index in [1.54, 1.807) is 40.8 Å². The summed E-state index contributed by atoms with van der Waals surface area (Å²) in [6.45, 7) is 22.5. The summed E-state index contributed by atoms with van der Waals surface area (Å²) in [6, 6.07) is 6.57. The molecule has 18 atom stereocenters. The summed E-state index contributed by atoms with van der Waals surface area (Å²) in [6.07, 6.45) is -6.36. The number of methoxy groups -OCH3 is 1. The molecule has 5 rings (SSSR count). The highest BCUT2D eigenvalue weighted by Crippen LogP contribution is 2.40. The normalized spacial score (nSPS) is 36.1. The molecule has 0 unspecified atom stereocenters. The zero-order valence-electron chi connectivity index (χ0n) is 48.6. The van der Waals surface area contributed by atoms with Gasteiger partial charge in [-0.2, -0.15) is 0 Å². The van der Waals surface area contributed by atoms with E-state index >= 15 is 0 Å². The van der Waals surface area contributed by atoms with E-state index in [9.17, 15) is 30.3 Å². The molecule has 3 fully saturated rings. The third kappa shape index (κ3) is 20.6. The minimum absolute atomic E-state index is 0.112. The second kappa shape index (κ2) is 31.4. The van der Waals surface area contributed by atoms with E-state index < -0.39 is 114 Å². The van der Waals surface area contributed by atoms with Gasteiger partial charge in [0.2, 0.25) is 0 Å². The standard InChI is InChI=1S/C49H81ClN4O12.3C2H4O2/c1-14-38-49(10,60)42(56)31(6)54(21-15-19-51-35-18-20-52-36-23-33(50)16-17-34(35)36)26-27(2)24-47(8,59)44(66-46-40(55)37(53(11)12)22-28(3)62-46)29(4)41(30(5)45(58)64-38)65-39-25-48(9,61-13)43(57)32(7)63-39;3*1-2(3)4/h16-18,20,23,27-32,37-44,46,55-57,59-60H,14-15,19,21-22,24-26H2,1-13H3,(H,51,52);3*1H3,(H,3,4)/t27-,28-,29+,30-,31-,32+,37+,38-,39+,40-,41+,42-,43+,44-,46+,47-,48-,49-;;;/m1.../s1. The third-order valence-corrected chi connectivity index (χ3v) is 14.9. The Morgan fingerprint density at radius 3 is 2.04 bits per heavy atom. The molecular weight excluding hydrogens is 1040 g/mol. The number of nitrogens with one attached hydrogen (secondary N) is 1. The highest BCUT2D eigenvalue weighted by molar-refractivity contribution is 6.31. The molecule has 1 aromatic heterocycles. The molecule has 0 bridgehead atoms. The summed E-state index contributed by atoms with van der Waals surface area (Å²) in [7, 11) is 5.29. The number of anilines is 1. The number of benzene rings is 1. The van der Waals surface area contributed by atoms with E-state index in [2.05, 4.69) is 15.2 Å². The summed E-state index contributed by atoms with van der Waals surface area (Å²) in [5, 5.41) is 87.4. The van der Waals surface area contributed by atoms with Crippen molar-refractivity contribution in [2.45, 2.75) is 212 Å². The maximum Gasteiger partial charge on any atom is 0.311 e. The molecule has 0 saturated carbocycles. The van der Waals surface area contributed by atoms with Crippen molar-refractivity contribution in [2.24, 2.45) is 17.8 Å². The van der Waals surface area contributed by atoms with Gasteiger partial charge < -0.3 is 79.5 Å². The Bertz CT molecular complexity index is 2150. The van der Waals surface area contributed by atoms with Crippen LogP contribution in [0.4, 0.5) is 5.69 Å². The number of rotatable bonds is 12. The first-order valence-corrected chi connectivity index (χ1v) is 27.1. The van der Waals surface area contributed by atoms with Gasteiger partial charge in [0.1, 0.15) is 30.0 Å². The number of carboxylic acid groups (broad SMARTS) is 3. The molecule has 0 amide bonds. The Hall–Kier alpha value is -3.88. The zero-order chi connectivity index (χ0) is 59.8. The Balaban J connectivity index is 0.00000157. The molecule has 3 aliphatic rings. The minimum Gasteiger partial charge on any atom is -0.481 e. The average molecular weight is 1130 g/mol. The molecule has 1 aromatic carbocycles. The van der Waals surface area contributed by atoms with Crippen LogP contribution >= 0.6 is 11.6 Å². The number of likely N-dealkylation sites (N-methyl/N-ethyl adjacent to an activating group) is 1. The molecule has 23 heteroatoms. The Morgan fingerprint density at radius 2 is 1.49 bits per heavy atom. The van der Waals surface area contributed by atoms with Gasteiger partial charge in [0.05, 0.1) is 47.1 Å². The number of esters is 1. The quantitative estimate of drug-likeness (QED) is 0.0968. The number of aliphatic carboxylic acids is 3. The van der Waals surface area contributed by atoms with Crippen LogP contribution in [-0.2, 0) is 47.6 Å². The van der Waals surface area contributed by atoms with Crippen molar-refractivity contribution < 1.29 is 88.5 Å². The third-order valence-electron chi connectivity index (χ3n) is 14.7. The molecule has 0 aliphatic carbocycles. The summed E-state index contributed by atoms with van der Waals surface area (Å²) >= 11 is 6.24. The van der Waals surface area contributed by atoms with Crippen LogP contribution in [0.3, 0.4) is 0 Å². The lowest BCUT2D eigenvalue weighted by Gasteiger charge is -2.48. The molecule has 0 radical (unpaired) electrons. The summed E-state index contributed by atoms with van der Waals surface area (Å²) in [4.78, 5) is 50.1. The molecule has 3 saturated heterocycles. The first kappa shape index (κ1) is 70.2. The zero-order valence-corrected chi connectivity index (χ0v) is 49.3. The summed E-state index contributed by atoms with van der Waals surface area (Å²) < 4.78 is 38.2. The largest absolute Gasteiger partial charge is 0.481 e. The van der Waals surface area contributed by atoms with Gasteiger partial charge in [0.15, 0.2) is 12.6 Å². The number of hydrogen-bond donors (Lipinski definition) is 9. The minimum atomic E-state index is -1.88. The van der Waals surface area contributed by atoms with Crippen molar-refractivity contribution in [3.63, 3.8) is 0 Å². The van der Waals surface area contributed by atoms with Crippen LogP contribution in [0.1, 0.15) is 122 Å². The van der Waals surface area contributed by atoms with E-state index in [-0.39, 0.29) is 37.3 Å². The number of pyridine rings is 1. The number of aliphatic hydroxyl groups excluding tert-OH is 3. The van der Waals surface area contributed by atoms with Crippen molar-refractivity contribution in [3.05, 3.63) is 35.5 Å². The van der Waals surface area contributed by atoms with Crippen molar-refractivity contribution in [3.8, 4) is 0 Å². The van der Waals surface area contributed by atoms with Crippen molar-refractivity contribution >= 4 is 52.1 Å². The number of hydrogen-bond acceptors (Lipinski definition) is 19. The van der Waals surface area contributed by atoms with Gasteiger partial charge in [0.25, 0.3) is 17.9 Å². The van der Waals surface area contributed by atoms with Crippen molar-refractivity contribution in [1.82, 2.24) is 14.8 Å². The van der Waals surface area contributed by atoms with Gasteiger partial charge >= 0.3 is 5.97 Å². The molecule has 4 heterocycles. The molecule has 3 aliphatic heterocycles. The van der Waals surface area contributed by atoms with Crippen LogP contribution in [0, 0.1) is 17.8 Å². The molecule has 9 N–H and O–H groups in total. The number of aliphatic hydroxyl groups is 5. The Labute approximate surface area is 465 Å². The highest BCUT2D eigenvalue weighted by Gasteiger charge is 2.53. The number of ether oxygens (including phenoxy) is 6. The summed E-state index contributed by atoms with van der Waals surface area (Å²) in [5.74, 6) is -5.27. The molecule has 0 spiro atoms. The smallest absolute Gasteiger partial charge is 0.311 e. The second-order valence-corrected chi connectivity index (χ2v) is 22.5. The van der Waals surface area contributed by atoms with Gasteiger partial charge in [-0.3, -0.25) is 29.1 Å². The fourth-order valence-electron chi connectivity index (χ4n) is 10.7. The number of fused-ring (bicyclic) bond motifs is 1. The second-order valence-electron chi connectivity index (χ2n) is 22.1. The Morgan fingerprint density at radius 1 is 0.897 bits per heavy atom. The van der Waals surface area contributed by atoms with Crippen LogP contribution < -0.4 is 5.32 Å². The molecular formula is C55H93ClN4O18. The van der Waals surface area contributed by atoms with Crippen LogP contribution in [0.2, 0.25) is 5.02 Å². The monoisotopic (exact) mass is 1130 g/mol. The first-order chi connectivity index (χ1) is 36.0. The predicted molar refractivity (Wildman–Crippen MR) is 293 cm³/mol. The van der Waals surface area contributed by atoms with Gasteiger partial charge in [0, 0.05) is 94.2 Å². The number of halogens is 1. The topological polar surface area (TPSA) is 317 Å². The van der Waals surface area contributed by atoms with E-state index in [1.165, 1.54) is 14.0 Å². The number of carboxylic acids is 3. The van der Waals surface area contributed by atoms with Crippen molar-refractivity contribution in [1.29, 1.82) is 0 Å². The highest BCUT2D eigenvalue weighted by atomic mass is 35.5. The molecule has 448 valence electrons. The van der Waals surface area contributed by atoms with E-state index in [0.29, 0.717) is 37.5 Å². The SMILES string of the molecule is CC(=O)O.CC(=O)O.CC(=O)O.CC[C@H]1OC(=O)[C@H](C)[C@@H](O[C@H]2C[C@@](C)(OC)[C@@H](O)[C@H](C)O2)[C@H](C)[C@@H](O[C@@H]2O[C@H](C)C[C@H](N(C)C)[C@H]2O)[C@](C)(O)C[C@@H](C)CN(CCCNc2ccnc3cc(Cl)ccc23)[C@H](C)[C@@H](O)[C@]1(C)O. The van der Waals surface area contributed by atoms with E-state index in [4.69, 9.17) is 69.7 Å². The van der Waals surface area contributed by atoms with Gasteiger partial charge in [-0.1, -0.05) is 32.4 Å². The number of carbonyl (C=O) groups is 4. The average Bonchev–Trinajstić information content (AvgIpc) is 3.32. The predicted octanol–water partition coefficient (Wildman–Crippen LogP) is 5.25. The fourth-order valence-corrected chi connectivity index (χ4v) is 10.8. The molecule has 78 heavy (non-hydrogen) atoms. The van der Waals surface area contributed by atoms with Crippen LogP contribution in [0.25, 0.3) is 10.9 Å². The van der Waals surface area contributed by atoms with Gasteiger partial charge in [-0.15, -0.1) is 0 Å². The van der Waals surface area contributed by atoms with E-state index in [0.717, 1.165) is 37.4 Å². The lowest BCUT2D eigenvalue weighted by atomic mass is 9.77. The summed E-state index contributed by atoms with van der Waals surface area (Å²) in [5.41, 5.74) is -2.88. The maximum atomic E-state index is 14.6. The first-order valence-electron chi connectivity index (χ1n) is 26.7. The number of nitrogens with zero attached hydrogens (tertiary/aromatic N) is 3. The van der Waals surface area contributed by atoms with Crippen molar-refractivity contribution in [2.75, 3.05) is 46.2 Å². The molecule has 2 aromatic rings. The number of carbonyl (C=O) groups excluding carboxylic acids is 1. The van der Waals surface area contributed by atoms with E-state index in [1.807, 2.05) is 71.0 Å². The lowest BCUT2D eigenvalue weighted by molar-refractivity contribution is -0.318. The van der Waals surface area contributed by atoms with Gasteiger partial charge in [-0.25, -0.2) is 0 Å². The fraction of sp³-hybridized carbons (Fsp3) is 0.764. The molecule has 22 nitrogen and oxygen atoms in total. The van der Waals surface area contributed by atoms with Crippen LogP contribution in [0.5, 0.6) is 0 Å². The van der Waals surface area contributed by atoms with Crippen LogP contribution in [-0.4, -0.2) is 211 Å². The Kier molecular flexibility index (Phi) is 28.2. The number of aromatic nitrogens is 1. The maximum absolute atomic E-state index is 14.6. The lowest BCUT2D eigenvalue weighted by Crippen LogP contribution is -2.60. The van der Waals surface area contributed by atoms with Gasteiger partial charge in [-0.05, 0) is 118 Å². The number of cyclic esters (lactones) is 1.